The standard InChI is InChI=1S/C23H37F3O2/c1-2-3-7-10-16-13-17(16)14-19-21-18(22(19)21)11-8-5-4-6-9-12-20(27)28-15-23(24,25)26/h16-19,21-22H,2-15H2,1H3. The topological polar surface area (TPSA) is 26.3 Å². The largest absolute Gasteiger partial charge is 0.456 e. The van der Waals surface area contributed by atoms with Crippen LogP contribution in [0.2, 0.25) is 0 Å². The van der Waals surface area contributed by atoms with Gasteiger partial charge < -0.3 is 4.74 Å². The first-order chi connectivity index (χ1) is 13.4. The van der Waals surface area contributed by atoms with Crippen LogP contribution >= 0.6 is 0 Å². The Morgan fingerprint density at radius 2 is 1.57 bits per heavy atom. The lowest BCUT2D eigenvalue weighted by Crippen LogP contribution is -2.20. The highest BCUT2D eigenvalue weighted by atomic mass is 19.4. The highest BCUT2D eigenvalue weighted by Crippen LogP contribution is 2.77. The molecule has 0 aliphatic heterocycles. The van der Waals surface area contributed by atoms with Crippen molar-refractivity contribution in [3.63, 3.8) is 0 Å². The Morgan fingerprint density at radius 1 is 0.893 bits per heavy atom. The van der Waals surface area contributed by atoms with Gasteiger partial charge in [0.05, 0.1) is 0 Å². The first-order valence-electron chi connectivity index (χ1n) is 11.6. The highest BCUT2D eigenvalue weighted by molar-refractivity contribution is 5.69. The predicted molar refractivity (Wildman–Crippen MR) is 104 cm³/mol. The fraction of sp³-hybridized carbons (Fsp3) is 0.957. The smallest absolute Gasteiger partial charge is 0.422 e. The van der Waals surface area contributed by atoms with E-state index in [-0.39, 0.29) is 6.42 Å². The molecule has 0 radical (unpaired) electrons. The molecule has 0 N–H and O–H groups in total. The molecule has 0 aromatic heterocycles. The van der Waals surface area contributed by atoms with Crippen LogP contribution in [-0.2, 0) is 9.53 Å². The maximum absolute atomic E-state index is 11.9. The van der Waals surface area contributed by atoms with Crippen molar-refractivity contribution in [2.45, 2.75) is 96.6 Å². The minimum absolute atomic E-state index is 0.102. The number of fused-ring (bicyclic) bond motifs is 1. The van der Waals surface area contributed by atoms with Gasteiger partial charge in [0, 0.05) is 6.42 Å². The summed E-state index contributed by atoms with van der Waals surface area (Å²) in [5.74, 6) is 5.63. The van der Waals surface area contributed by atoms with E-state index < -0.39 is 18.8 Å². The normalized spacial score (nSPS) is 32.7. The summed E-state index contributed by atoms with van der Waals surface area (Å²) in [7, 11) is 0. The molecule has 0 aromatic carbocycles. The van der Waals surface area contributed by atoms with Gasteiger partial charge in [0.2, 0.25) is 0 Å². The number of carbonyl (C=O) groups excluding carboxylic acids is 1. The number of esters is 1. The maximum Gasteiger partial charge on any atom is 0.422 e. The molecule has 0 aromatic rings. The monoisotopic (exact) mass is 402 g/mol. The van der Waals surface area contributed by atoms with Gasteiger partial charge in [-0.05, 0) is 61.2 Å². The number of alkyl halides is 3. The van der Waals surface area contributed by atoms with Gasteiger partial charge in [-0.1, -0.05) is 58.3 Å². The van der Waals surface area contributed by atoms with Gasteiger partial charge in [-0.15, -0.1) is 0 Å². The summed E-state index contributed by atoms with van der Waals surface area (Å²) < 4.78 is 40.0. The molecule has 0 bridgehead atoms. The van der Waals surface area contributed by atoms with E-state index in [9.17, 15) is 18.0 Å². The summed E-state index contributed by atoms with van der Waals surface area (Å²) in [6.07, 6.45) is 10.8. The van der Waals surface area contributed by atoms with Crippen molar-refractivity contribution in [3.8, 4) is 0 Å². The lowest BCUT2D eigenvalue weighted by molar-refractivity contribution is -0.186. The molecular weight excluding hydrogens is 365 g/mol. The molecule has 0 amide bonds. The second-order valence-electron chi connectivity index (χ2n) is 9.55. The zero-order valence-electron chi connectivity index (χ0n) is 17.3. The zero-order chi connectivity index (χ0) is 20.1. The molecule has 28 heavy (non-hydrogen) atoms. The van der Waals surface area contributed by atoms with Crippen LogP contribution in [0.5, 0.6) is 0 Å². The SMILES string of the molecule is CCCCCC1CC1CC1C2C(CCCCCCCC(=O)OCC(F)(F)F)C12. The summed E-state index contributed by atoms with van der Waals surface area (Å²) in [4.78, 5) is 11.2. The lowest BCUT2D eigenvalue weighted by Gasteiger charge is -2.11. The third-order valence-corrected chi connectivity index (χ3v) is 7.28. The highest BCUT2D eigenvalue weighted by Gasteiger charge is 2.72. The maximum atomic E-state index is 11.9. The van der Waals surface area contributed by atoms with Crippen molar-refractivity contribution in [1.82, 2.24) is 0 Å². The molecule has 3 fully saturated rings. The zero-order valence-corrected chi connectivity index (χ0v) is 17.3. The number of unbranched alkanes of at least 4 members (excludes halogenated alkanes) is 6. The van der Waals surface area contributed by atoms with Crippen LogP contribution in [0.25, 0.3) is 0 Å². The first-order valence-corrected chi connectivity index (χ1v) is 11.6. The van der Waals surface area contributed by atoms with E-state index in [1.807, 2.05) is 0 Å². The second kappa shape index (κ2) is 9.84. The van der Waals surface area contributed by atoms with E-state index in [0.29, 0.717) is 6.42 Å². The van der Waals surface area contributed by atoms with Gasteiger partial charge in [-0.25, -0.2) is 0 Å². The minimum Gasteiger partial charge on any atom is -0.456 e. The Balaban J connectivity index is 1.08. The summed E-state index contributed by atoms with van der Waals surface area (Å²) in [5.41, 5.74) is 0. The van der Waals surface area contributed by atoms with Crippen LogP contribution in [0, 0.1) is 35.5 Å². The van der Waals surface area contributed by atoms with Crippen LogP contribution in [0.15, 0.2) is 0 Å². The summed E-state index contributed by atoms with van der Waals surface area (Å²) in [5, 5.41) is 0. The lowest BCUT2D eigenvalue weighted by atomic mass is 9.94. The quantitative estimate of drug-likeness (QED) is 0.219. The summed E-state index contributed by atoms with van der Waals surface area (Å²) in [6.45, 7) is 0.817. The number of rotatable bonds is 15. The summed E-state index contributed by atoms with van der Waals surface area (Å²) >= 11 is 0. The van der Waals surface area contributed by atoms with Gasteiger partial charge in [-0.2, -0.15) is 13.2 Å². The van der Waals surface area contributed by atoms with E-state index in [4.69, 9.17) is 0 Å². The number of halogens is 3. The van der Waals surface area contributed by atoms with Crippen LogP contribution in [0.3, 0.4) is 0 Å². The Morgan fingerprint density at radius 3 is 2.29 bits per heavy atom. The number of carbonyl (C=O) groups is 1. The van der Waals surface area contributed by atoms with Crippen LogP contribution in [0.4, 0.5) is 13.2 Å². The average molecular weight is 403 g/mol. The number of hydrogen-bond donors (Lipinski definition) is 0. The number of hydrogen-bond acceptors (Lipinski definition) is 2. The van der Waals surface area contributed by atoms with Gasteiger partial charge in [0.1, 0.15) is 0 Å². The minimum atomic E-state index is -4.42. The van der Waals surface area contributed by atoms with Crippen molar-refractivity contribution < 1.29 is 22.7 Å². The molecule has 3 aliphatic carbocycles. The van der Waals surface area contributed by atoms with Gasteiger partial charge >= 0.3 is 12.1 Å². The van der Waals surface area contributed by atoms with Crippen LogP contribution in [-0.4, -0.2) is 18.8 Å². The van der Waals surface area contributed by atoms with Crippen molar-refractivity contribution >= 4 is 5.97 Å². The molecule has 162 valence electrons. The molecule has 4 unspecified atom stereocenters. The molecule has 3 saturated carbocycles. The van der Waals surface area contributed by atoms with Crippen molar-refractivity contribution in [2.75, 3.05) is 6.61 Å². The summed E-state index contributed by atoms with van der Waals surface area (Å²) in [6, 6.07) is 0. The Hall–Kier alpha value is -0.740. The Bertz CT molecular complexity index is 495. The Kier molecular flexibility index (Phi) is 7.72. The fourth-order valence-corrected chi connectivity index (χ4v) is 5.42. The molecule has 0 heterocycles. The average Bonchev–Trinajstić information content (AvgIpc) is 3.54. The van der Waals surface area contributed by atoms with E-state index in [1.54, 1.807) is 0 Å². The molecule has 0 spiro atoms. The third-order valence-electron chi connectivity index (χ3n) is 7.28. The number of ether oxygens (including phenoxy) is 1. The van der Waals surface area contributed by atoms with Crippen LogP contribution < -0.4 is 0 Å². The predicted octanol–water partition coefficient (Wildman–Crippen LogP) is 6.92. The van der Waals surface area contributed by atoms with Crippen LogP contribution in [0.1, 0.15) is 90.4 Å². The molecular formula is C23H37F3O2. The van der Waals surface area contributed by atoms with Gasteiger partial charge in [0.25, 0.3) is 0 Å². The van der Waals surface area contributed by atoms with E-state index in [2.05, 4.69) is 11.7 Å². The molecule has 2 nitrogen and oxygen atoms in total. The van der Waals surface area contributed by atoms with Gasteiger partial charge in [0.15, 0.2) is 6.61 Å². The second-order valence-corrected chi connectivity index (χ2v) is 9.55. The van der Waals surface area contributed by atoms with E-state index >= 15 is 0 Å². The van der Waals surface area contributed by atoms with E-state index in [1.165, 1.54) is 57.8 Å². The molecule has 3 aliphatic rings. The molecule has 3 rings (SSSR count). The Labute approximate surface area is 168 Å². The first kappa shape index (κ1) is 22.0. The van der Waals surface area contributed by atoms with Crippen molar-refractivity contribution in [3.05, 3.63) is 0 Å². The van der Waals surface area contributed by atoms with Gasteiger partial charge in [-0.3, -0.25) is 4.79 Å². The molecule has 5 heteroatoms. The molecule has 4 atom stereocenters. The third kappa shape index (κ3) is 6.95. The van der Waals surface area contributed by atoms with E-state index in [0.717, 1.165) is 48.3 Å². The molecule has 0 saturated heterocycles. The van der Waals surface area contributed by atoms with Crippen molar-refractivity contribution in [2.24, 2.45) is 35.5 Å². The fourth-order valence-electron chi connectivity index (χ4n) is 5.42. The van der Waals surface area contributed by atoms with Crippen molar-refractivity contribution in [1.29, 1.82) is 0 Å².